The van der Waals surface area contributed by atoms with Crippen LogP contribution in [0.15, 0.2) is 17.2 Å². The average molecular weight is 317 g/mol. The minimum absolute atomic E-state index is 0.237. The summed E-state index contributed by atoms with van der Waals surface area (Å²) in [6.07, 6.45) is 1.63. The van der Waals surface area contributed by atoms with E-state index >= 15 is 0 Å². The number of aromatic nitrogens is 1. The van der Waals surface area contributed by atoms with Crippen LogP contribution in [0.1, 0.15) is 33.4 Å². The fraction of sp³-hybridized carbons (Fsp3) is 0.714. The van der Waals surface area contributed by atoms with Crippen LogP contribution in [0.2, 0.25) is 0 Å². The second kappa shape index (κ2) is 7.40. The van der Waals surface area contributed by atoms with Gasteiger partial charge in [-0.25, -0.2) is 13.1 Å². The predicted octanol–water partition coefficient (Wildman–Crippen LogP) is 1.23. The highest BCUT2D eigenvalue weighted by atomic mass is 32.2. The van der Waals surface area contributed by atoms with Gasteiger partial charge in [-0.15, -0.1) is 0 Å². The molecule has 0 saturated heterocycles. The summed E-state index contributed by atoms with van der Waals surface area (Å²) >= 11 is 0. The van der Waals surface area contributed by atoms with Crippen molar-refractivity contribution in [2.45, 2.75) is 44.7 Å². The molecule has 0 aliphatic carbocycles. The van der Waals surface area contributed by atoms with Gasteiger partial charge in [0.15, 0.2) is 0 Å². The van der Waals surface area contributed by atoms with E-state index in [4.69, 9.17) is 4.74 Å². The molecule has 6 nitrogen and oxygen atoms in total. The van der Waals surface area contributed by atoms with Gasteiger partial charge in [0.25, 0.3) is 0 Å². The first-order chi connectivity index (χ1) is 9.72. The van der Waals surface area contributed by atoms with Gasteiger partial charge in [-0.1, -0.05) is 6.92 Å². The van der Waals surface area contributed by atoms with Crippen molar-refractivity contribution in [2.24, 2.45) is 7.05 Å². The van der Waals surface area contributed by atoms with Crippen molar-refractivity contribution < 1.29 is 13.2 Å². The van der Waals surface area contributed by atoms with Gasteiger partial charge in [0.05, 0.1) is 10.5 Å². The first kappa shape index (κ1) is 18.2. The lowest BCUT2D eigenvalue weighted by atomic mass is 10.1. The van der Waals surface area contributed by atoms with Crippen molar-refractivity contribution in [2.75, 3.05) is 19.7 Å². The van der Waals surface area contributed by atoms with Gasteiger partial charge in [0.1, 0.15) is 0 Å². The van der Waals surface area contributed by atoms with Gasteiger partial charge in [-0.3, -0.25) is 0 Å². The van der Waals surface area contributed by atoms with Crippen molar-refractivity contribution in [1.29, 1.82) is 0 Å². The van der Waals surface area contributed by atoms with Crippen molar-refractivity contribution in [3.63, 3.8) is 0 Å². The van der Waals surface area contributed by atoms with Gasteiger partial charge in [0, 0.05) is 38.6 Å². The second-order valence-corrected chi connectivity index (χ2v) is 7.34. The van der Waals surface area contributed by atoms with Gasteiger partial charge in [-0.2, -0.15) is 0 Å². The highest BCUT2D eigenvalue weighted by Crippen LogP contribution is 2.15. The second-order valence-electron chi connectivity index (χ2n) is 5.58. The maximum atomic E-state index is 12.3. The fourth-order valence-corrected chi connectivity index (χ4v) is 3.24. The monoisotopic (exact) mass is 317 g/mol. The quantitative estimate of drug-likeness (QED) is 0.718. The summed E-state index contributed by atoms with van der Waals surface area (Å²) in [5.74, 6) is 0. The largest absolute Gasteiger partial charge is 0.375 e. The molecule has 1 rings (SSSR count). The molecule has 0 amide bonds. The summed E-state index contributed by atoms with van der Waals surface area (Å²) < 4.78 is 34.6. The van der Waals surface area contributed by atoms with Gasteiger partial charge < -0.3 is 14.6 Å². The maximum absolute atomic E-state index is 12.3. The van der Waals surface area contributed by atoms with Gasteiger partial charge in [0.2, 0.25) is 10.0 Å². The molecule has 1 aromatic rings. The lowest BCUT2D eigenvalue weighted by Crippen LogP contribution is -2.40. The lowest BCUT2D eigenvalue weighted by Gasteiger charge is -2.24. The molecule has 0 fully saturated rings. The molecule has 0 aliphatic rings. The van der Waals surface area contributed by atoms with E-state index in [0.717, 1.165) is 12.2 Å². The fourth-order valence-electron chi connectivity index (χ4n) is 1.95. The Hall–Kier alpha value is -0.890. The first-order valence-corrected chi connectivity index (χ1v) is 8.69. The molecule has 122 valence electrons. The Morgan fingerprint density at radius 1 is 1.33 bits per heavy atom. The normalized spacial score (nSPS) is 12.8. The summed E-state index contributed by atoms with van der Waals surface area (Å²) in [6.45, 7) is 9.90. The molecule has 0 radical (unpaired) electrons. The molecular weight excluding hydrogens is 290 g/mol. The molecule has 0 aromatic carbocycles. The van der Waals surface area contributed by atoms with Crippen LogP contribution in [0.3, 0.4) is 0 Å². The Kier molecular flexibility index (Phi) is 6.40. The zero-order valence-corrected chi connectivity index (χ0v) is 14.4. The van der Waals surface area contributed by atoms with Crippen LogP contribution in [-0.2, 0) is 28.4 Å². The Balaban J connectivity index is 2.79. The Morgan fingerprint density at radius 3 is 2.57 bits per heavy atom. The Bertz CT molecular complexity index is 550. The summed E-state index contributed by atoms with van der Waals surface area (Å²) in [7, 11) is -1.67. The summed E-state index contributed by atoms with van der Waals surface area (Å²) in [6, 6.07) is 1.69. The average Bonchev–Trinajstić information content (AvgIpc) is 2.77. The van der Waals surface area contributed by atoms with Crippen LogP contribution in [0.4, 0.5) is 0 Å². The molecule has 1 heterocycles. The predicted molar refractivity (Wildman–Crippen MR) is 83.7 cm³/mol. The summed E-state index contributed by atoms with van der Waals surface area (Å²) in [4.78, 5) is 0.283. The third-order valence-electron chi connectivity index (χ3n) is 3.17. The Labute approximate surface area is 127 Å². The van der Waals surface area contributed by atoms with Crippen molar-refractivity contribution in [1.82, 2.24) is 14.6 Å². The smallest absolute Gasteiger partial charge is 0.242 e. The van der Waals surface area contributed by atoms with Gasteiger partial charge >= 0.3 is 0 Å². The zero-order chi connectivity index (χ0) is 16.1. The molecule has 1 aromatic heterocycles. The highest BCUT2D eigenvalue weighted by molar-refractivity contribution is 7.89. The highest BCUT2D eigenvalue weighted by Gasteiger charge is 2.23. The molecule has 21 heavy (non-hydrogen) atoms. The van der Waals surface area contributed by atoms with E-state index in [-0.39, 0.29) is 11.4 Å². The summed E-state index contributed by atoms with van der Waals surface area (Å²) in [5, 5.41) is 3.19. The first-order valence-electron chi connectivity index (χ1n) is 7.21. The number of rotatable bonds is 9. The van der Waals surface area contributed by atoms with Crippen LogP contribution < -0.4 is 10.0 Å². The molecule has 2 N–H and O–H groups in total. The van der Waals surface area contributed by atoms with Gasteiger partial charge in [-0.05, 0) is 33.4 Å². The lowest BCUT2D eigenvalue weighted by molar-refractivity contribution is -0.00515. The topological polar surface area (TPSA) is 72.4 Å². The summed E-state index contributed by atoms with van der Waals surface area (Å²) in [5.41, 5.74) is 0.407. The van der Waals surface area contributed by atoms with Crippen LogP contribution in [0.25, 0.3) is 0 Å². The van der Waals surface area contributed by atoms with E-state index in [9.17, 15) is 8.42 Å². The van der Waals surface area contributed by atoms with E-state index in [1.165, 1.54) is 0 Å². The molecular formula is C14H27N3O3S. The molecule has 0 spiro atoms. The van der Waals surface area contributed by atoms with Crippen molar-refractivity contribution in [3.05, 3.63) is 18.0 Å². The van der Waals surface area contributed by atoms with Crippen molar-refractivity contribution in [3.8, 4) is 0 Å². The van der Waals surface area contributed by atoms with Crippen molar-refractivity contribution >= 4 is 10.0 Å². The van der Waals surface area contributed by atoms with E-state index in [1.807, 2.05) is 39.3 Å². The molecule has 7 heteroatoms. The molecule has 0 unspecified atom stereocenters. The number of hydrogen-bond acceptors (Lipinski definition) is 4. The number of nitrogens with one attached hydrogen (secondary N) is 2. The van der Waals surface area contributed by atoms with E-state index in [2.05, 4.69) is 10.0 Å². The SMILES string of the molecule is CCNCc1cc(S(=O)(=O)NCC(C)(C)OCC)cn1C. The molecule has 0 bridgehead atoms. The minimum atomic E-state index is -3.52. The zero-order valence-electron chi connectivity index (χ0n) is 13.6. The number of aryl methyl sites for hydroxylation is 1. The number of ether oxygens (including phenoxy) is 1. The number of sulfonamides is 1. The molecule has 0 atom stereocenters. The minimum Gasteiger partial charge on any atom is -0.375 e. The van der Waals surface area contributed by atoms with Crippen LogP contribution in [-0.4, -0.2) is 38.3 Å². The van der Waals surface area contributed by atoms with Crippen LogP contribution >= 0.6 is 0 Å². The number of hydrogen-bond donors (Lipinski definition) is 2. The molecule has 0 saturated carbocycles. The van der Waals surface area contributed by atoms with E-state index in [0.29, 0.717) is 13.2 Å². The maximum Gasteiger partial charge on any atom is 0.242 e. The Morgan fingerprint density at radius 2 is 2.00 bits per heavy atom. The van der Waals surface area contributed by atoms with E-state index < -0.39 is 15.6 Å². The third-order valence-corrected chi connectivity index (χ3v) is 4.54. The third kappa shape index (κ3) is 5.43. The molecule has 0 aliphatic heterocycles. The number of nitrogens with zero attached hydrogens (tertiary/aromatic N) is 1. The van der Waals surface area contributed by atoms with Crippen LogP contribution in [0.5, 0.6) is 0 Å². The van der Waals surface area contributed by atoms with E-state index in [1.54, 1.807) is 12.3 Å². The standard InChI is InChI=1S/C14H27N3O3S/c1-6-15-9-12-8-13(10-17(12)5)21(18,19)16-11-14(3,4)20-7-2/h8,10,15-16H,6-7,9,11H2,1-5H3. The van der Waals surface area contributed by atoms with Crippen LogP contribution in [0, 0.1) is 0 Å².